The fourth-order valence-corrected chi connectivity index (χ4v) is 2.60. The van der Waals surface area contributed by atoms with Gasteiger partial charge in [0.1, 0.15) is 5.82 Å². The van der Waals surface area contributed by atoms with Crippen molar-refractivity contribution in [1.29, 1.82) is 0 Å². The minimum absolute atomic E-state index is 0.00873. The molecule has 18 heavy (non-hydrogen) atoms. The number of carbonyl (C=O) groups is 1. The Kier molecular flexibility index (Phi) is 5.28. The second-order valence-electron chi connectivity index (χ2n) is 4.65. The van der Waals surface area contributed by atoms with E-state index in [4.69, 9.17) is 5.11 Å². The molecule has 0 aliphatic heterocycles. The molecule has 1 aromatic rings. The summed E-state index contributed by atoms with van der Waals surface area (Å²) in [5.74, 6) is -1.36. The Bertz CT molecular complexity index is 437. The second-order valence-corrected chi connectivity index (χ2v) is 5.57. The van der Waals surface area contributed by atoms with Crippen molar-refractivity contribution in [1.82, 2.24) is 4.90 Å². The zero-order valence-corrected chi connectivity index (χ0v) is 12.2. The van der Waals surface area contributed by atoms with Gasteiger partial charge in [-0.15, -0.1) is 0 Å². The maximum Gasteiger partial charge on any atom is 0.303 e. The lowest BCUT2D eigenvalue weighted by Gasteiger charge is -2.30. The highest BCUT2D eigenvalue weighted by Gasteiger charge is 2.26. The van der Waals surface area contributed by atoms with E-state index in [1.807, 2.05) is 25.9 Å². The number of halogens is 2. The molecule has 1 aromatic carbocycles. The van der Waals surface area contributed by atoms with E-state index >= 15 is 0 Å². The van der Waals surface area contributed by atoms with Crippen LogP contribution >= 0.6 is 15.9 Å². The number of benzene rings is 1. The largest absolute Gasteiger partial charge is 0.481 e. The summed E-state index contributed by atoms with van der Waals surface area (Å²) in [6.45, 7) is 1.82. The molecular formula is C13H17BrFNO2. The van der Waals surface area contributed by atoms with Crippen molar-refractivity contribution >= 4 is 21.9 Å². The van der Waals surface area contributed by atoms with Crippen LogP contribution in [-0.4, -0.2) is 30.1 Å². The summed E-state index contributed by atoms with van der Waals surface area (Å²) in [5.41, 5.74) is 0.517. The van der Waals surface area contributed by atoms with Crippen LogP contribution in [-0.2, 0) is 4.79 Å². The van der Waals surface area contributed by atoms with Gasteiger partial charge < -0.3 is 10.0 Å². The molecule has 0 aliphatic rings. The minimum Gasteiger partial charge on any atom is -0.481 e. The molecule has 100 valence electrons. The first-order chi connectivity index (χ1) is 8.32. The minimum atomic E-state index is -0.871. The van der Waals surface area contributed by atoms with Gasteiger partial charge in [-0.25, -0.2) is 4.39 Å². The predicted molar refractivity (Wildman–Crippen MR) is 71.9 cm³/mol. The van der Waals surface area contributed by atoms with E-state index in [0.29, 0.717) is 5.56 Å². The van der Waals surface area contributed by atoms with E-state index in [9.17, 15) is 9.18 Å². The van der Waals surface area contributed by atoms with Crippen molar-refractivity contribution in [2.24, 2.45) is 5.92 Å². The SMILES string of the molecule is CC(CC(=O)O)C(c1cc(Br)ccc1F)N(C)C. The molecule has 2 atom stereocenters. The molecule has 2 unspecified atom stereocenters. The molecule has 0 amide bonds. The third kappa shape index (κ3) is 3.78. The lowest BCUT2D eigenvalue weighted by molar-refractivity contribution is -0.138. The van der Waals surface area contributed by atoms with Crippen molar-refractivity contribution in [3.63, 3.8) is 0 Å². The third-order valence-corrected chi connectivity index (χ3v) is 3.36. The topological polar surface area (TPSA) is 40.5 Å². The zero-order chi connectivity index (χ0) is 13.9. The van der Waals surface area contributed by atoms with Crippen LogP contribution in [0, 0.1) is 11.7 Å². The molecule has 0 saturated carbocycles. The number of nitrogens with zero attached hydrogens (tertiary/aromatic N) is 1. The number of aliphatic carboxylic acids is 1. The van der Waals surface area contributed by atoms with Crippen molar-refractivity contribution in [2.75, 3.05) is 14.1 Å². The molecule has 0 bridgehead atoms. The molecule has 0 heterocycles. The van der Waals surface area contributed by atoms with Crippen LogP contribution in [0.4, 0.5) is 4.39 Å². The number of carboxylic acid groups (broad SMARTS) is 1. The van der Waals surface area contributed by atoms with E-state index < -0.39 is 5.97 Å². The van der Waals surface area contributed by atoms with E-state index in [2.05, 4.69) is 15.9 Å². The lowest BCUT2D eigenvalue weighted by Crippen LogP contribution is -2.28. The molecule has 0 spiro atoms. The highest BCUT2D eigenvalue weighted by atomic mass is 79.9. The number of carboxylic acids is 1. The first kappa shape index (κ1) is 15.1. The maximum absolute atomic E-state index is 13.9. The van der Waals surface area contributed by atoms with Crippen LogP contribution in [0.5, 0.6) is 0 Å². The normalized spacial score (nSPS) is 14.6. The number of rotatable bonds is 5. The maximum atomic E-state index is 13.9. The summed E-state index contributed by atoms with van der Waals surface area (Å²) >= 11 is 3.31. The van der Waals surface area contributed by atoms with Crippen LogP contribution < -0.4 is 0 Å². The first-order valence-corrected chi connectivity index (χ1v) is 6.45. The van der Waals surface area contributed by atoms with Crippen LogP contribution in [0.2, 0.25) is 0 Å². The van der Waals surface area contributed by atoms with Gasteiger partial charge in [-0.3, -0.25) is 4.79 Å². The zero-order valence-electron chi connectivity index (χ0n) is 10.7. The molecule has 0 saturated heterocycles. The summed E-state index contributed by atoms with van der Waals surface area (Å²) < 4.78 is 14.7. The fraction of sp³-hybridized carbons (Fsp3) is 0.462. The van der Waals surface area contributed by atoms with E-state index in [-0.39, 0.29) is 24.2 Å². The van der Waals surface area contributed by atoms with Gasteiger partial charge in [0.15, 0.2) is 0 Å². The van der Waals surface area contributed by atoms with E-state index in [1.54, 1.807) is 12.1 Å². The summed E-state index contributed by atoms with van der Waals surface area (Å²) in [4.78, 5) is 12.6. The van der Waals surface area contributed by atoms with Crippen LogP contribution in [0.1, 0.15) is 24.9 Å². The van der Waals surface area contributed by atoms with Gasteiger partial charge in [0.25, 0.3) is 0 Å². The van der Waals surface area contributed by atoms with E-state index in [1.165, 1.54) is 6.07 Å². The van der Waals surface area contributed by atoms with Crippen molar-refractivity contribution in [3.8, 4) is 0 Å². The quantitative estimate of drug-likeness (QED) is 0.905. The highest BCUT2D eigenvalue weighted by molar-refractivity contribution is 9.10. The molecule has 1 N–H and O–H groups in total. The highest BCUT2D eigenvalue weighted by Crippen LogP contribution is 2.32. The summed E-state index contributed by atoms with van der Waals surface area (Å²) in [6.07, 6.45) is 0.00873. The third-order valence-electron chi connectivity index (χ3n) is 2.87. The smallest absolute Gasteiger partial charge is 0.303 e. The average molecular weight is 318 g/mol. The first-order valence-electron chi connectivity index (χ1n) is 5.66. The monoisotopic (exact) mass is 317 g/mol. The van der Waals surface area contributed by atoms with Crippen molar-refractivity contribution < 1.29 is 14.3 Å². The van der Waals surface area contributed by atoms with Gasteiger partial charge in [-0.2, -0.15) is 0 Å². The van der Waals surface area contributed by atoms with Gasteiger partial charge in [0.05, 0.1) is 0 Å². The molecule has 3 nitrogen and oxygen atoms in total. The molecule has 0 aliphatic carbocycles. The van der Waals surface area contributed by atoms with Crippen LogP contribution in [0.25, 0.3) is 0 Å². The lowest BCUT2D eigenvalue weighted by atomic mass is 9.91. The van der Waals surface area contributed by atoms with Crippen molar-refractivity contribution in [2.45, 2.75) is 19.4 Å². The Morgan fingerprint density at radius 2 is 2.11 bits per heavy atom. The molecule has 0 fully saturated rings. The fourth-order valence-electron chi connectivity index (χ4n) is 2.22. The number of hydrogen-bond donors (Lipinski definition) is 1. The van der Waals surface area contributed by atoms with E-state index in [0.717, 1.165) is 4.47 Å². The Morgan fingerprint density at radius 3 is 2.61 bits per heavy atom. The molecule has 1 rings (SSSR count). The Labute approximate surface area is 115 Å². The summed E-state index contributed by atoms with van der Waals surface area (Å²) in [7, 11) is 3.65. The van der Waals surface area contributed by atoms with Crippen LogP contribution in [0.15, 0.2) is 22.7 Å². The van der Waals surface area contributed by atoms with Gasteiger partial charge in [0, 0.05) is 22.5 Å². The summed E-state index contributed by atoms with van der Waals surface area (Å²) in [5, 5.41) is 8.86. The van der Waals surface area contributed by atoms with Gasteiger partial charge in [-0.05, 0) is 38.2 Å². The average Bonchev–Trinajstić information content (AvgIpc) is 2.21. The number of hydrogen-bond acceptors (Lipinski definition) is 2. The Balaban J connectivity index is 3.11. The van der Waals surface area contributed by atoms with Crippen LogP contribution in [0.3, 0.4) is 0 Å². The standard InChI is InChI=1S/C13H17BrFNO2/c1-8(6-12(17)18)13(16(2)3)10-7-9(14)4-5-11(10)15/h4-5,7-8,13H,6H2,1-3H3,(H,17,18). The predicted octanol–water partition coefficient (Wildman–Crippen LogP) is 3.30. The van der Waals surface area contributed by atoms with Gasteiger partial charge in [0.2, 0.25) is 0 Å². The molecular weight excluding hydrogens is 301 g/mol. The molecule has 0 radical (unpaired) electrons. The Hall–Kier alpha value is -0.940. The van der Waals surface area contributed by atoms with Gasteiger partial charge >= 0.3 is 5.97 Å². The van der Waals surface area contributed by atoms with Gasteiger partial charge in [-0.1, -0.05) is 22.9 Å². The summed E-state index contributed by atoms with van der Waals surface area (Å²) in [6, 6.07) is 4.47. The molecule has 5 heteroatoms. The molecule has 0 aromatic heterocycles. The Morgan fingerprint density at radius 1 is 1.50 bits per heavy atom. The van der Waals surface area contributed by atoms with Crippen molar-refractivity contribution in [3.05, 3.63) is 34.1 Å². The second kappa shape index (κ2) is 6.29.